The van der Waals surface area contributed by atoms with E-state index in [1.165, 1.54) is 12.0 Å². The molecule has 1 aliphatic heterocycles. The Morgan fingerprint density at radius 2 is 2.33 bits per heavy atom. The molecule has 0 aliphatic carbocycles. The molecular weight excluding hydrogens is 188 g/mol. The van der Waals surface area contributed by atoms with Crippen LogP contribution in [-0.4, -0.2) is 19.7 Å². The fraction of sp³-hybridized carbons (Fsp3) is 0.500. The van der Waals surface area contributed by atoms with Gasteiger partial charge >= 0.3 is 0 Å². The molecule has 3 N–H and O–H groups in total. The molecule has 0 bridgehead atoms. The Hall–Kier alpha value is -1.06. The van der Waals surface area contributed by atoms with Gasteiger partial charge in [0.25, 0.3) is 0 Å². The van der Waals surface area contributed by atoms with Crippen molar-refractivity contribution in [3.63, 3.8) is 0 Å². The largest absolute Gasteiger partial charge is 0.497 e. The van der Waals surface area contributed by atoms with Crippen molar-refractivity contribution in [2.24, 2.45) is 5.73 Å². The maximum Gasteiger partial charge on any atom is 0.119 e. The minimum absolute atomic E-state index is 0.214. The second-order valence-electron chi connectivity index (χ2n) is 4.01. The quantitative estimate of drug-likeness (QED) is 0.770. The molecule has 2 atom stereocenters. The average molecular weight is 206 g/mol. The van der Waals surface area contributed by atoms with Crippen LogP contribution in [0.1, 0.15) is 24.4 Å². The molecular formula is C12H18N2O. The second-order valence-corrected chi connectivity index (χ2v) is 4.01. The van der Waals surface area contributed by atoms with Gasteiger partial charge in [0.2, 0.25) is 0 Å². The Bertz CT molecular complexity index is 327. The smallest absolute Gasteiger partial charge is 0.119 e. The third-order valence-corrected chi connectivity index (χ3v) is 2.96. The Labute approximate surface area is 90.6 Å². The summed E-state index contributed by atoms with van der Waals surface area (Å²) in [6.07, 6.45) is 2.26. The van der Waals surface area contributed by atoms with Crippen molar-refractivity contribution in [1.82, 2.24) is 5.32 Å². The van der Waals surface area contributed by atoms with Crippen LogP contribution in [0.4, 0.5) is 0 Å². The summed E-state index contributed by atoms with van der Waals surface area (Å²) in [4.78, 5) is 0. The molecule has 1 aromatic carbocycles. The molecule has 0 saturated carbocycles. The molecule has 1 saturated heterocycles. The van der Waals surface area contributed by atoms with Gasteiger partial charge in [0.1, 0.15) is 5.75 Å². The summed E-state index contributed by atoms with van der Waals surface area (Å²) in [6, 6.07) is 8.61. The van der Waals surface area contributed by atoms with Crippen LogP contribution in [0, 0.1) is 0 Å². The lowest BCUT2D eigenvalue weighted by molar-refractivity contribution is 0.356. The summed E-state index contributed by atoms with van der Waals surface area (Å²) in [6.45, 7) is 1.05. The van der Waals surface area contributed by atoms with Gasteiger partial charge in [0, 0.05) is 12.1 Å². The fourth-order valence-electron chi connectivity index (χ4n) is 2.11. The molecule has 1 fully saturated rings. The van der Waals surface area contributed by atoms with Gasteiger partial charge in [-0.15, -0.1) is 0 Å². The van der Waals surface area contributed by atoms with Crippen LogP contribution in [-0.2, 0) is 0 Å². The maximum absolute atomic E-state index is 6.10. The van der Waals surface area contributed by atoms with Crippen molar-refractivity contribution in [3.8, 4) is 5.75 Å². The number of piperidine rings is 1. The van der Waals surface area contributed by atoms with E-state index in [2.05, 4.69) is 17.4 Å². The predicted octanol–water partition coefficient (Wildman–Crippen LogP) is 1.45. The lowest BCUT2D eigenvalue weighted by Crippen LogP contribution is -2.42. The molecule has 0 radical (unpaired) electrons. The summed E-state index contributed by atoms with van der Waals surface area (Å²) in [7, 11) is 1.69. The molecule has 0 spiro atoms. The number of methoxy groups -OCH3 is 1. The van der Waals surface area contributed by atoms with Crippen LogP contribution >= 0.6 is 0 Å². The Kier molecular flexibility index (Phi) is 3.23. The van der Waals surface area contributed by atoms with E-state index < -0.39 is 0 Å². The standard InChI is InChI=1S/C12H18N2O/c1-15-10-5-2-4-9(8-10)12-11(13)6-3-7-14-12/h2,4-5,8,11-12,14H,3,6-7,13H2,1H3. The SMILES string of the molecule is COc1cccc(C2NCCCC2N)c1. The summed E-state index contributed by atoms with van der Waals surface area (Å²) in [5.41, 5.74) is 7.32. The lowest BCUT2D eigenvalue weighted by atomic mass is 9.93. The monoisotopic (exact) mass is 206 g/mol. The van der Waals surface area contributed by atoms with Crippen molar-refractivity contribution in [2.45, 2.75) is 24.9 Å². The van der Waals surface area contributed by atoms with E-state index >= 15 is 0 Å². The molecule has 1 aliphatic rings. The van der Waals surface area contributed by atoms with Crippen molar-refractivity contribution < 1.29 is 4.74 Å². The highest BCUT2D eigenvalue weighted by molar-refractivity contribution is 5.31. The highest BCUT2D eigenvalue weighted by Crippen LogP contribution is 2.24. The zero-order valence-corrected chi connectivity index (χ0v) is 9.07. The summed E-state index contributed by atoms with van der Waals surface area (Å²) in [5, 5.41) is 3.46. The Morgan fingerprint density at radius 1 is 1.47 bits per heavy atom. The van der Waals surface area contributed by atoms with Crippen LogP contribution in [0.15, 0.2) is 24.3 Å². The molecule has 15 heavy (non-hydrogen) atoms. The predicted molar refractivity (Wildman–Crippen MR) is 60.9 cm³/mol. The summed E-state index contributed by atoms with van der Waals surface area (Å²) >= 11 is 0. The Balaban J connectivity index is 2.19. The van der Waals surface area contributed by atoms with Gasteiger partial charge in [-0.2, -0.15) is 0 Å². The number of ether oxygens (including phenoxy) is 1. The molecule has 0 amide bonds. The molecule has 3 nitrogen and oxygen atoms in total. The van der Waals surface area contributed by atoms with Gasteiger partial charge in [-0.05, 0) is 37.1 Å². The molecule has 0 aromatic heterocycles. The highest BCUT2D eigenvalue weighted by Gasteiger charge is 2.22. The number of nitrogens with one attached hydrogen (secondary N) is 1. The third-order valence-electron chi connectivity index (χ3n) is 2.96. The zero-order chi connectivity index (χ0) is 10.7. The van der Waals surface area contributed by atoms with E-state index in [4.69, 9.17) is 10.5 Å². The van der Waals surface area contributed by atoms with Crippen LogP contribution in [0.2, 0.25) is 0 Å². The number of hydrogen-bond acceptors (Lipinski definition) is 3. The van der Waals surface area contributed by atoms with E-state index in [9.17, 15) is 0 Å². The van der Waals surface area contributed by atoms with Crippen LogP contribution < -0.4 is 15.8 Å². The van der Waals surface area contributed by atoms with E-state index in [1.54, 1.807) is 7.11 Å². The van der Waals surface area contributed by atoms with Crippen molar-refractivity contribution >= 4 is 0 Å². The van der Waals surface area contributed by atoms with Gasteiger partial charge < -0.3 is 15.8 Å². The van der Waals surface area contributed by atoms with Gasteiger partial charge in [0.15, 0.2) is 0 Å². The average Bonchev–Trinajstić information content (AvgIpc) is 2.30. The maximum atomic E-state index is 6.10. The van der Waals surface area contributed by atoms with E-state index in [1.807, 2.05) is 12.1 Å². The molecule has 2 rings (SSSR count). The van der Waals surface area contributed by atoms with Crippen LogP contribution in [0.25, 0.3) is 0 Å². The number of benzene rings is 1. The number of nitrogens with two attached hydrogens (primary N) is 1. The normalized spacial score (nSPS) is 26.3. The summed E-state index contributed by atoms with van der Waals surface area (Å²) in [5.74, 6) is 0.895. The van der Waals surface area contributed by atoms with Gasteiger partial charge in [-0.3, -0.25) is 0 Å². The van der Waals surface area contributed by atoms with Gasteiger partial charge in [-0.1, -0.05) is 12.1 Å². The first kappa shape index (κ1) is 10.5. The molecule has 2 unspecified atom stereocenters. The van der Waals surface area contributed by atoms with E-state index in [0.717, 1.165) is 18.7 Å². The zero-order valence-electron chi connectivity index (χ0n) is 9.07. The molecule has 1 heterocycles. The van der Waals surface area contributed by atoms with Crippen LogP contribution in [0.3, 0.4) is 0 Å². The first-order chi connectivity index (χ1) is 7.31. The van der Waals surface area contributed by atoms with E-state index in [-0.39, 0.29) is 12.1 Å². The summed E-state index contributed by atoms with van der Waals surface area (Å²) < 4.78 is 5.21. The molecule has 1 aromatic rings. The van der Waals surface area contributed by atoms with Crippen LogP contribution in [0.5, 0.6) is 5.75 Å². The van der Waals surface area contributed by atoms with Gasteiger partial charge in [0.05, 0.1) is 7.11 Å². The van der Waals surface area contributed by atoms with Crippen molar-refractivity contribution in [1.29, 1.82) is 0 Å². The number of rotatable bonds is 2. The minimum atomic E-state index is 0.214. The molecule has 82 valence electrons. The molecule has 3 heteroatoms. The minimum Gasteiger partial charge on any atom is -0.497 e. The van der Waals surface area contributed by atoms with Crippen molar-refractivity contribution in [2.75, 3.05) is 13.7 Å². The lowest BCUT2D eigenvalue weighted by Gasteiger charge is -2.30. The van der Waals surface area contributed by atoms with Crippen molar-refractivity contribution in [3.05, 3.63) is 29.8 Å². The highest BCUT2D eigenvalue weighted by atomic mass is 16.5. The topological polar surface area (TPSA) is 47.3 Å². The van der Waals surface area contributed by atoms with Gasteiger partial charge in [-0.25, -0.2) is 0 Å². The fourth-order valence-corrected chi connectivity index (χ4v) is 2.11. The first-order valence-corrected chi connectivity index (χ1v) is 5.44. The Morgan fingerprint density at radius 3 is 3.07 bits per heavy atom. The second kappa shape index (κ2) is 4.64. The van der Waals surface area contributed by atoms with E-state index in [0.29, 0.717) is 0 Å². The first-order valence-electron chi connectivity index (χ1n) is 5.44. The number of hydrogen-bond donors (Lipinski definition) is 2. The third kappa shape index (κ3) is 2.30.